The summed E-state index contributed by atoms with van der Waals surface area (Å²) >= 11 is 0. The zero-order valence-corrected chi connectivity index (χ0v) is 16.1. The van der Waals surface area contributed by atoms with E-state index >= 15 is 0 Å². The highest BCUT2D eigenvalue weighted by Gasteiger charge is 2.32. The summed E-state index contributed by atoms with van der Waals surface area (Å²) in [6, 6.07) is 3.37. The molecule has 1 amide bonds. The molecule has 2 aliphatic rings. The van der Waals surface area contributed by atoms with E-state index in [-0.39, 0.29) is 29.9 Å². The van der Waals surface area contributed by atoms with Crippen LogP contribution in [0.5, 0.6) is 0 Å². The van der Waals surface area contributed by atoms with Crippen LogP contribution in [0.25, 0.3) is 0 Å². The molecule has 1 aromatic heterocycles. The van der Waals surface area contributed by atoms with Gasteiger partial charge in [-0.3, -0.25) is 9.59 Å². The average molecular weight is 400 g/mol. The van der Waals surface area contributed by atoms with Gasteiger partial charge >= 0.3 is 0 Å². The van der Waals surface area contributed by atoms with Crippen LogP contribution in [-0.2, 0) is 11.2 Å². The Morgan fingerprint density at radius 2 is 1.76 bits per heavy atom. The van der Waals surface area contributed by atoms with E-state index in [0.717, 1.165) is 6.07 Å². The molecule has 0 saturated carbocycles. The van der Waals surface area contributed by atoms with Crippen LogP contribution in [0, 0.1) is 24.5 Å². The van der Waals surface area contributed by atoms with Crippen LogP contribution in [0.15, 0.2) is 18.2 Å². The molecular weight excluding hydrogens is 378 g/mol. The molecule has 1 fully saturated rings. The predicted molar refractivity (Wildman–Crippen MR) is 103 cm³/mol. The van der Waals surface area contributed by atoms with Crippen LogP contribution in [0.2, 0.25) is 0 Å². The van der Waals surface area contributed by atoms with E-state index in [1.54, 1.807) is 6.92 Å². The van der Waals surface area contributed by atoms with Gasteiger partial charge in [-0.05, 0) is 49.8 Å². The normalized spacial score (nSPS) is 19.9. The zero-order valence-electron chi connectivity index (χ0n) is 16.1. The largest absolute Gasteiger partial charge is 0.369 e. The van der Waals surface area contributed by atoms with Crippen LogP contribution in [0.4, 0.5) is 14.7 Å². The van der Waals surface area contributed by atoms with Crippen molar-refractivity contribution in [1.29, 1.82) is 0 Å². The van der Waals surface area contributed by atoms with Crippen molar-refractivity contribution in [2.24, 2.45) is 11.7 Å². The van der Waals surface area contributed by atoms with Crippen LogP contribution in [-0.4, -0.2) is 34.7 Å². The third kappa shape index (κ3) is 3.83. The molecule has 0 unspecified atom stereocenters. The fourth-order valence-corrected chi connectivity index (χ4v) is 4.31. The number of anilines is 1. The van der Waals surface area contributed by atoms with Crippen LogP contribution < -0.4 is 10.6 Å². The first-order valence-corrected chi connectivity index (χ1v) is 9.72. The molecule has 152 valence electrons. The molecule has 1 aliphatic heterocycles. The van der Waals surface area contributed by atoms with E-state index in [0.29, 0.717) is 60.8 Å². The summed E-state index contributed by atoms with van der Waals surface area (Å²) in [5.41, 5.74) is 7.58. The van der Waals surface area contributed by atoms with Crippen molar-refractivity contribution in [1.82, 2.24) is 9.97 Å². The second-order valence-corrected chi connectivity index (χ2v) is 7.83. The molecule has 2 aromatic rings. The van der Waals surface area contributed by atoms with Gasteiger partial charge in [0, 0.05) is 31.5 Å². The molecular formula is C21H22F2N4O2. The highest BCUT2D eigenvalue weighted by Crippen LogP contribution is 2.34. The second kappa shape index (κ2) is 7.50. The lowest BCUT2D eigenvalue weighted by Gasteiger charge is -2.32. The number of rotatable bonds is 3. The summed E-state index contributed by atoms with van der Waals surface area (Å²) < 4.78 is 27.3. The number of amides is 1. The quantitative estimate of drug-likeness (QED) is 0.856. The van der Waals surface area contributed by atoms with Gasteiger partial charge in [0.25, 0.3) is 0 Å². The molecule has 29 heavy (non-hydrogen) atoms. The van der Waals surface area contributed by atoms with Gasteiger partial charge in [0.1, 0.15) is 11.6 Å². The van der Waals surface area contributed by atoms with Crippen LogP contribution in [0.1, 0.15) is 52.5 Å². The Kier molecular flexibility index (Phi) is 5.02. The van der Waals surface area contributed by atoms with E-state index in [1.807, 2.05) is 4.90 Å². The number of ketones is 1. The highest BCUT2D eigenvalue weighted by molar-refractivity contribution is 5.99. The topological polar surface area (TPSA) is 89.2 Å². The van der Waals surface area contributed by atoms with Crippen molar-refractivity contribution >= 4 is 17.6 Å². The fraction of sp³-hybridized carbons (Fsp3) is 0.429. The van der Waals surface area contributed by atoms with E-state index in [2.05, 4.69) is 9.97 Å². The molecule has 2 heterocycles. The van der Waals surface area contributed by atoms with E-state index in [9.17, 15) is 18.4 Å². The van der Waals surface area contributed by atoms with Crippen molar-refractivity contribution in [2.45, 2.75) is 38.5 Å². The minimum atomic E-state index is -0.657. The summed E-state index contributed by atoms with van der Waals surface area (Å²) in [5.74, 6) is -1.67. The van der Waals surface area contributed by atoms with Gasteiger partial charge in [0.05, 0.1) is 17.0 Å². The number of Topliss-reactive ketones (excluding diaryl/α,β-unsaturated/α-hetero) is 1. The van der Waals surface area contributed by atoms with Crippen molar-refractivity contribution in [2.75, 3.05) is 18.0 Å². The summed E-state index contributed by atoms with van der Waals surface area (Å²) in [6.07, 6.45) is 1.86. The molecule has 6 nitrogen and oxygen atoms in total. The number of nitrogens with two attached hydrogens (primary N) is 1. The Morgan fingerprint density at radius 1 is 1.10 bits per heavy atom. The average Bonchev–Trinajstić information content (AvgIpc) is 2.66. The Balaban J connectivity index is 1.62. The molecule has 2 N–H and O–H groups in total. The smallest absolute Gasteiger partial charge is 0.225 e. The predicted octanol–water partition coefficient (Wildman–Crippen LogP) is 2.68. The third-order valence-electron chi connectivity index (χ3n) is 5.84. The van der Waals surface area contributed by atoms with Crippen LogP contribution in [0.3, 0.4) is 0 Å². The van der Waals surface area contributed by atoms with Crippen molar-refractivity contribution in [3.63, 3.8) is 0 Å². The number of benzene rings is 1. The number of carbonyl (C=O) groups excluding carboxylic acids is 2. The number of halogens is 2. The van der Waals surface area contributed by atoms with Gasteiger partial charge in [-0.1, -0.05) is 0 Å². The lowest BCUT2D eigenvalue weighted by atomic mass is 9.81. The lowest BCUT2D eigenvalue weighted by molar-refractivity contribution is -0.122. The van der Waals surface area contributed by atoms with Crippen molar-refractivity contribution in [3.8, 4) is 0 Å². The number of hydrogen-bond donors (Lipinski definition) is 1. The summed E-state index contributed by atoms with van der Waals surface area (Å²) in [7, 11) is 0. The van der Waals surface area contributed by atoms with Gasteiger partial charge in [0.2, 0.25) is 11.9 Å². The number of nitrogens with zero attached hydrogens (tertiary/aromatic N) is 3. The van der Waals surface area contributed by atoms with Gasteiger partial charge in [0.15, 0.2) is 5.78 Å². The third-order valence-corrected chi connectivity index (χ3v) is 5.84. The number of hydrogen-bond acceptors (Lipinski definition) is 5. The van der Waals surface area contributed by atoms with E-state index < -0.39 is 11.6 Å². The first-order valence-electron chi connectivity index (χ1n) is 9.72. The maximum Gasteiger partial charge on any atom is 0.225 e. The molecule has 8 heteroatoms. The molecule has 0 radical (unpaired) electrons. The van der Waals surface area contributed by atoms with Gasteiger partial charge in [-0.25, -0.2) is 18.7 Å². The number of piperidine rings is 1. The molecule has 1 saturated heterocycles. The van der Waals surface area contributed by atoms with Crippen molar-refractivity contribution < 1.29 is 18.4 Å². The highest BCUT2D eigenvalue weighted by atomic mass is 19.1. The summed E-state index contributed by atoms with van der Waals surface area (Å²) in [5, 5.41) is 0. The molecule has 0 spiro atoms. The molecule has 1 atom stereocenters. The van der Waals surface area contributed by atoms with Gasteiger partial charge < -0.3 is 10.6 Å². The minimum absolute atomic E-state index is 0.114. The van der Waals surface area contributed by atoms with Crippen LogP contribution >= 0.6 is 0 Å². The maximum absolute atomic E-state index is 13.6. The Labute approximate surface area is 167 Å². The van der Waals surface area contributed by atoms with Crippen molar-refractivity contribution in [3.05, 3.63) is 52.3 Å². The van der Waals surface area contributed by atoms with Gasteiger partial charge in [-0.2, -0.15) is 0 Å². The Hall–Kier alpha value is -2.90. The number of carbonyl (C=O) groups is 2. The number of primary amides is 1. The molecule has 1 aliphatic carbocycles. The number of aryl methyl sites for hydroxylation is 1. The van der Waals surface area contributed by atoms with E-state index in [1.165, 1.54) is 12.1 Å². The summed E-state index contributed by atoms with van der Waals surface area (Å²) in [6.45, 7) is 3.00. The fourth-order valence-electron chi connectivity index (χ4n) is 4.31. The molecule has 1 aromatic carbocycles. The number of fused-ring (bicyclic) bond motifs is 1. The zero-order chi connectivity index (χ0) is 20.7. The molecule has 0 bridgehead atoms. The van der Waals surface area contributed by atoms with E-state index in [4.69, 9.17) is 5.73 Å². The first-order chi connectivity index (χ1) is 13.8. The first kappa shape index (κ1) is 19.4. The standard InChI is InChI=1S/C21H22F2N4O2/c1-11-19-17(26-21(25-11)27-4-2-12(3-5-27)20(24)29)8-14(9-18(19)28)13-6-15(22)10-16(23)7-13/h6-7,10,12,14H,2-5,8-9H2,1H3,(H2,24,29)/t14-/m0/s1. The number of aromatic nitrogens is 2. The SMILES string of the molecule is Cc1nc(N2CCC(C(N)=O)CC2)nc2c1C(=O)C[C@@H](c1cc(F)cc(F)c1)C2. The molecule has 4 rings (SSSR count). The van der Waals surface area contributed by atoms with Gasteiger partial charge in [-0.15, -0.1) is 0 Å². The second-order valence-electron chi connectivity index (χ2n) is 7.83. The monoisotopic (exact) mass is 400 g/mol. The minimum Gasteiger partial charge on any atom is -0.369 e. The Morgan fingerprint density at radius 3 is 2.38 bits per heavy atom. The summed E-state index contributed by atoms with van der Waals surface area (Å²) in [4.78, 5) is 35.2. The lowest BCUT2D eigenvalue weighted by Crippen LogP contribution is -2.39. The maximum atomic E-state index is 13.6. The Bertz CT molecular complexity index is 967.